The number of nitrogens with zero attached hydrogens (tertiary/aromatic N) is 2. The van der Waals surface area contributed by atoms with E-state index in [1.807, 2.05) is 6.08 Å². The smallest absolute Gasteiger partial charge is 0.242 e. The Balaban J connectivity index is 1.82. The lowest BCUT2D eigenvalue weighted by Gasteiger charge is -2.16. The Morgan fingerprint density at radius 3 is 2.79 bits per heavy atom. The molecule has 0 spiro atoms. The van der Waals surface area contributed by atoms with Crippen LogP contribution in [0.5, 0.6) is 0 Å². The first-order valence-electron chi connectivity index (χ1n) is 8.81. The molecule has 9 heteroatoms. The molecule has 0 saturated carbocycles. The zero-order valence-corrected chi connectivity index (χ0v) is 17.0. The SMILES string of the molecule is CNS(=O)(=O)c1ccccc1Nc1nc(CC2C=CC(CN)=CC2)ncc1Cl. The summed E-state index contributed by atoms with van der Waals surface area (Å²) in [4.78, 5) is 8.92. The summed E-state index contributed by atoms with van der Waals surface area (Å²) in [5.74, 6) is 1.27. The molecule has 1 unspecified atom stereocenters. The zero-order chi connectivity index (χ0) is 20.1. The summed E-state index contributed by atoms with van der Waals surface area (Å²) in [5, 5.41) is 3.34. The fraction of sp³-hybridized carbons (Fsp3) is 0.263. The maximum Gasteiger partial charge on any atom is 0.242 e. The van der Waals surface area contributed by atoms with Crippen molar-refractivity contribution >= 4 is 33.1 Å². The molecule has 0 bridgehead atoms. The van der Waals surface area contributed by atoms with E-state index in [-0.39, 0.29) is 10.8 Å². The van der Waals surface area contributed by atoms with E-state index in [9.17, 15) is 8.42 Å². The number of hydrogen-bond donors (Lipinski definition) is 3. The number of hydrogen-bond acceptors (Lipinski definition) is 6. The van der Waals surface area contributed by atoms with Crippen LogP contribution in [-0.2, 0) is 16.4 Å². The normalized spacial score (nSPS) is 16.7. The van der Waals surface area contributed by atoms with Gasteiger partial charge in [0.2, 0.25) is 10.0 Å². The Morgan fingerprint density at radius 1 is 1.32 bits per heavy atom. The van der Waals surface area contributed by atoms with Gasteiger partial charge < -0.3 is 11.1 Å². The van der Waals surface area contributed by atoms with Gasteiger partial charge in [-0.2, -0.15) is 0 Å². The highest BCUT2D eigenvalue weighted by atomic mass is 35.5. The molecule has 1 aliphatic carbocycles. The molecular weight excluding hydrogens is 398 g/mol. The highest BCUT2D eigenvalue weighted by molar-refractivity contribution is 7.89. The molecule has 0 fully saturated rings. The topological polar surface area (TPSA) is 110 Å². The van der Waals surface area contributed by atoms with E-state index < -0.39 is 10.0 Å². The summed E-state index contributed by atoms with van der Waals surface area (Å²) in [6, 6.07) is 6.56. The van der Waals surface area contributed by atoms with Crippen molar-refractivity contribution in [3.63, 3.8) is 0 Å². The zero-order valence-electron chi connectivity index (χ0n) is 15.4. The average molecular weight is 420 g/mol. The Bertz CT molecular complexity index is 1020. The molecule has 0 radical (unpaired) electrons. The van der Waals surface area contributed by atoms with Crippen molar-refractivity contribution in [3.8, 4) is 0 Å². The van der Waals surface area contributed by atoms with Gasteiger partial charge in [-0.25, -0.2) is 23.1 Å². The number of sulfonamides is 1. The van der Waals surface area contributed by atoms with E-state index >= 15 is 0 Å². The first kappa shape index (κ1) is 20.5. The third kappa shape index (κ3) is 4.77. The maximum atomic E-state index is 12.2. The number of halogens is 1. The van der Waals surface area contributed by atoms with Crippen LogP contribution < -0.4 is 15.8 Å². The van der Waals surface area contributed by atoms with Crippen molar-refractivity contribution in [2.45, 2.75) is 17.7 Å². The van der Waals surface area contributed by atoms with Gasteiger partial charge in [0.15, 0.2) is 5.82 Å². The van der Waals surface area contributed by atoms with E-state index in [0.29, 0.717) is 35.3 Å². The molecule has 1 aromatic heterocycles. The summed E-state index contributed by atoms with van der Waals surface area (Å²) < 4.78 is 26.8. The van der Waals surface area contributed by atoms with Crippen molar-refractivity contribution in [3.05, 3.63) is 65.1 Å². The summed E-state index contributed by atoms with van der Waals surface area (Å²) in [5.41, 5.74) is 7.16. The second-order valence-electron chi connectivity index (χ2n) is 6.35. The summed E-state index contributed by atoms with van der Waals surface area (Å²) in [6.07, 6.45) is 9.31. The van der Waals surface area contributed by atoms with E-state index in [1.54, 1.807) is 18.2 Å². The van der Waals surface area contributed by atoms with Gasteiger partial charge in [0, 0.05) is 13.0 Å². The predicted octanol–water partition coefficient (Wildman–Crippen LogP) is 2.79. The van der Waals surface area contributed by atoms with Crippen LogP contribution in [0.3, 0.4) is 0 Å². The van der Waals surface area contributed by atoms with Crippen molar-refractivity contribution in [1.82, 2.24) is 14.7 Å². The number of nitrogens with two attached hydrogens (primary N) is 1. The van der Waals surface area contributed by atoms with Gasteiger partial charge >= 0.3 is 0 Å². The molecule has 1 atom stereocenters. The number of allylic oxidation sites excluding steroid dienone is 2. The lowest BCUT2D eigenvalue weighted by Crippen LogP contribution is -2.19. The van der Waals surface area contributed by atoms with Crippen LogP contribution in [0.25, 0.3) is 0 Å². The highest BCUT2D eigenvalue weighted by Gasteiger charge is 2.18. The minimum atomic E-state index is -3.63. The van der Waals surface area contributed by atoms with Crippen LogP contribution in [0.2, 0.25) is 5.02 Å². The standard InChI is InChI=1S/C19H22ClN5O2S/c1-22-28(26,27)17-5-3-2-4-16(17)24-19-15(20)12-23-18(25-19)10-13-6-8-14(11-21)9-7-13/h2-6,8-9,12-13,22H,7,10-11,21H2,1H3,(H,23,24,25). The lowest BCUT2D eigenvalue weighted by molar-refractivity contribution is 0.588. The van der Waals surface area contributed by atoms with Crippen LogP contribution >= 0.6 is 11.6 Å². The third-order valence-corrected chi connectivity index (χ3v) is 6.19. The van der Waals surface area contributed by atoms with Crippen LogP contribution in [-0.4, -0.2) is 32.0 Å². The summed E-state index contributed by atoms with van der Waals surface area (Å²) in [7, 11) is -2.26. The number of para-hydroxylation sites is 1. The van der Waals surface area contributed by atoms with Crippen molar-refractivity contribution < 1.29 is 8.42 Å². The molecule has 0 saturated heterocycles. The highest BCUT2D eigenvalue weighted by Crippen LogP contribution is 2.28. The second kappa shape index (κ2) is 8.83. The molecule has 148 valence electrons. The third-order valence-electron chi connectivity index (χ3n) is 4.44. The summed E-state index contributed by atoms with van der Waals surface area (Å²) in [6.45, 7) is 0.531. The molecule has 28 heavy (non-hydrogen) atoms. The first-order chi connectivity index (χ1) is 13.4. The minimum Gasteiger partial charge on any atom is -0.338 e. The fourth-order valence-electron chi connectivity index (χ4n) is 2.88. The summed E-state index contributed by atoms with van der Waals surface area (Å²) >= 11 is 6.24. The monoisotopic (exact) mass is 419 g/mol. The van der Waals surface area contributed by atoms with Gasteiger partial charge in [0.25, 0.3) is 0 Å². The number of benzene rings is 1. The Labute approximate surface area is 169 Å². The molecule has 2 aromatic rings. The molecule has 7 nitrogen and oxygen atoms in total. The quantitative estimate of drug-likeness (QED) is 0.636. The first-order valence-corrected chi connectivity index (χ1v) is 10.7. The van der Waals surface area contributed by atoms with E-state index in [0.717, 1.165) is 12.0 Å². The van der Waals surface area contributed by atoms with Crippen LogP contribution in [0, 0.1) is 5.92 Å². The van der Waals surface area contributed by atoms with Gasteiger partial charge in [-0.1, -0.05) is 42.0 Å². The molecule has 1 heterocycles. The number of rotatable bonds is 7. The fourth-order valence-corrected chi connectivity index (χ4v) is 3.90. The van der Waals surface area contributed by atoms with Crippen molar-refractivity contribution in [2.24, 2.45) is 11.7 Å². The molecule has 3 rings (SSSR count). The molecule has 0 aliphatic heterocycles. The van der Waals surface area contributed by atoms with Crippen LogP contribution in [0.1, 0.15) is 12.2 Å². The molecule has 0 amide bonds. The largest absolute Gasteiger partial charge is 0.338 e. The predicted molar refractivity (Wildman–Crippen MR) is 111 cm³/mol. The Morgan fingerprint density at radius 2 is 2.11 bits per heavy atom. The van der Waals surface area contributed by atoms with Gasteiger partial charge in [0.05, 0.1) is 11.9 Å². The number of anilines is 2. The van der Waals surface area contributed by atoms with Crippen molar-refractivity contribution in [1.29, 1.82) is 0 Å². The van der Waals surface area contributed by atoms with E-state index in [1.165, 1.54) is 19.3 Å². The number of aromatic nitrogens is 2. The average Bonchev–Trinajstić information content (AvgIpc) is 2.71. The molecule has 1 aromatic carbocycles. The second-order valence-corrected chi connectivity index (χ2v) is 8.62. The van der Waals surface area contributed by atoms with E-state index in [4.69, 9.17) is 17.3 Å². The molecular formula is C19H22ClN5O2S. The van der Waals surface area contributed by atoms with Gasteiger partial charge in [-0.3, -0.25) is 0 Å². The Hall–Kier alpha value is -2.26. The van der Waals surface area contributed by atoms with Gasteiger partial charge in [-0.15, -0.1) is 0 Å². The van der Waals surface area contributed by atoms with Crippen molar-refractivity contribution in [2.75, 3.05) is 18.9 Å². The van der Waals surface area contributed by atoms with Crippen LogP contribution in [0.15, 0.2) is 59.2 Å². The van der Waals surface area contributed by atoms with Gasteiger partial charge in [-0.05, 0) is 37.1 Å². The number of nitrogens with one attached hydrogen (secondary N) is 2. The lowest BCUT2D eigenvalue weighted by atomic mass is 9.93. The van der Waals surface area contributed by atoms with E-state index in [2.05, 4.69) is 32.2 Å². The maximum absolute atomic E-state index is 12.2. The molecule has 1 aliphatic rings. The Kier molecular flexibility index (Phi) is 6.46. The van der Waals surface area contributed by atoms with Gasteiger partial charge in [0.1, 0.15) is 15.7 Å². The minimum absolute atomic E-state index is 0.114. The van der Waals surface area contributed by atoms with Crippen LogP contribution in [0.4, 0.5) is 11.5 Å². The molecule has 4 N–H and O–H groups in total.